The molecule has 0 aliphatic carbocycles. The Balaban J connectivity index is 1.83. The molecule has 1 aromatic carbocycles. The van der Waals surface area contributed by atoms with Crippen LogP contribution in [0.1, 0.15) is 5.56 Å². The van der Waals surface area contributed by atoms with Crippen molar-refractivity contribution in [1.82, 2.24) is 34.1 Å². The van der Waals surface area contributed by atoms with Gasteiger partial charge < -0.3 is 4.98 Å². The zero-order valence-electron chi connectivity index (χ0n) is 15.1. The molecule has 11 nitrogen and oxygen atoms in total. The zero-order chi connectivity index (χ0) is 20.2. The number of aromatic amines is 1. The van der Waals surface area contributed by atoms with Gasteiger partial charge in [0.2, 0.25) is 20.8 Å². The van der Waals surface area contributed by atoms with Crippen molar-refractivity contribution in [3.8, 4) is 5.95 Å². The Morgan fingerprint density at radius 1 is 1.04 bits per heavy atom. The number of hydrogen-bond acceptors (Lipinski definition) is 7. The quantitative estimate of drug-likeness (QED) is 0.497. The van der Waals surface area contributed by atoms with Gasteiger partial charge in [-0.05, 0) is 19.1 Å². The van der Waals surface area contributed by atoms with Crippen LogP contribution in [-0.2, 0) is 23.9 Å². The second kappa shape index (κ2) is 5.99. The molecule has 0 atom stereocenters. The Kier molecular flexibility index (Phi) is 3.82. The number of aromatic nitrogens is 7. The van der Waals surface area contributed by atoms with E-state index in [-0.39, 0.29) is 27.0 Å². The highest BCUT2D eigenvalue weighted by Crippen LogP contribution is 2.19. The third-order valence-corrected chi connectivity index (χ3v) is 6.01. The van der Waals surface area contributed by atoms with Crippen LogP contribution in [0.2, 0.25) is 0 Å². The van der Waals surface area contributed by atoms with Crippen molar-refractivity contribution in [1.29, 1.82) is 0 Å². The third-order valence-electron chi connectivity index (χ3n) is 4.38. The second-order valence-corrected chi connectivity index (χ2v) is 8.18. The van der Waals surface area contributed by atoms with E-state index in [9.17, 15) is 18.0 Å². The average molecular weight is 401 g/mol. The minimum atomic E-state index is -3.86. The molecule has 0 saturated carbocycles. The predicted molar refractivity (Wildman–Crippen MR) is 98.1 cm³/mol. The van der Waals surface area contributed by atoms with E-state index in [0.717, 1.165) is 14.8 Å². The van der Waals surface area contributed by atoms with Crippen molar-refractivity contribution in [2.24, 2.45) is 14.1 Å². The highest BCUT2D eigenvalue weighted by Gasteiger charge is 2.23. The van der Waals surface area contributed by atoms with Crippen LogP contribution in [0.15, 0.2) is 50.0 Å². The highest BCUT2D eigenvalue weighted by atomic mass is 32.2. The summed E-state index contributed by atoms with van der Waals surface area (Å²) < 4.78 is 28.7. The van der Waals surface area contributed by atoms with E-state index in [0.29, 0.717) is 0 Å². The molecule has 3 heterocycles. The maximum atomic E-state index is 12.7. The molecular weight excluding hydrogens is 386 g/mol. The molecule has 0 fully saturated rings. The fourth-order valence-electron chi connectivity index (χ4n) is 2.74. The number of hydrogen-bond donors (Lipinski definition) is 1. The number of H-pyrrole nitrogens is 1. The van der Waals surface area contributed by atoms with Gasteiger partial charge in [-0.1, -0.05) is 22.9 Å². The van der Waals surface area contributed by atoms with Gasteiger partial charge in [0.1, 0.15) is 0 Å². The number of benzene rings is 1. The largest absolute Gasteiger partial charge is 0.332 e. The van der Waals surface area contributed by atoms with Gasteiger partial charge in [-0.3, -0.25) is 13.9 Å². The standard InChI is InChI=1S/C16H15N7O4S/c1-9-4-6-10(7-5-9)28(26,27)11-8-23(20-19-11)15-17-12-13(18-15)21(2)16(25)22(3)14(12)24/h4-8H,1-3H3,(H,17,18). The first-order valence-electron chi connectivity index (χ1n) is 8.10. The van der Waals surface area contributed by atoms with Crippen LogP contribution >= 0.6 is 0 Å². The van der Waals surface area contributed by atoms with Crippen LogP contribution in [0.5, 0.6) is 0 Å². The molecule has 0 spiro atoms. The molecule has 0 aliphatic heterocycles. The molecule has 0 saturated heterocycles. The Hall–Kier alpha value is -3.54. The maximum Gasteiger partial charge on any atom is 0.332 e. The summed E-state index contributed by atoms with van der Waals surface area (Å²) in [7, 11) is -1.03. The van der Waals surface area contributed by atoms with Gasteiger partial charge in [0.05, 0.1) is 11.1 Å². The van der Waals surface area contributed by atoms with E-state index >= 15 is 0 Å². The summed E-state index contributed by atoms with van der Waals surface area (Å²) in [6.07, 6.45) is 1.19. The van der Waals surface area contributed by atoms with E-state index < -0.39 is 21.1 Å². The molecular formula is C16H15N7O4S. The predicted octanol–water partition coefficient (Wildman–Crippen LogP) is -0.318. The summed E-state index contributed by atoms with van der Waals surface area (Å²) in [5.41, 5.74) is 0.0675. The molecule has 3 aromatic heterocycles. The van der Waals surface area contributed by atoms with E-state index in [1.165, 1.54) is 37.0 Å². The van der Waals surface area contributed by atoms with Crippen LogP contribution in [-0.4, -0.2) is 42.5 Å². The molecule has 0 amide bonds. The van der Waals surface area contributed by atoms with Gasteiger partial charge in [0, 0.05) is 14.1 Å². The van der Waals surface area contributed by atoms with Crippen molar-refractivity contribution >= 4 is 21.0 Å². The summed E-state index contributed by atoms with van der Waals surface area (Å²) in [5, 5.41) is 7.25. The topological polar surface area (TPSA) is 138 Å². The Bertz CT molecular complexity index is 1440. The molecule has 0 radical (unpaired) electrons. The normalized spacial score (nSPS) is 12.0. The maximum absolute atomic E-state index is 12.7. The van der Waals surface area contributed by atoms with Crippen LogP contribution < -0.4 is 11.2 Å². The van der Waals surface area contributed by atoms with Crippen LogP contribution in [0.3, 0.4) is 0 Å². The Labute approximate surface area is 157 Å². The first-order valence-corrected chi connectivity index (χ1v) is 9.58. The number of nitrogens with zero attached hydrogens (tertiary/aromatic N) is 6. The molecule has 0 unspecified atom stereocenters. The lowest BCUT2D eigenvalue weighted by Gasteiger charge is -2.00. The number of sulfone groups is 1. The summed E-state index contributed by atoms with van der Waals surface area (Å²) >= 11 is 0. The summed E-state index contributed by atoms with van der Waals surface area (Å²) in [6.45, 7) is 1.85. The van der Waals surface area contributed by atoms with Gasteiger partial charge in [0.15, 0.2) is 11.2 Å². The number of aryl methyl sites for hydroxylation is 2. The average Bonchev–Trinajstić information content (AvgIpc) is 3.32. The lowest BCUT2D eigenvalue weighted by atomic mass is 10.2. The van der Waals surface area contributed by atoms with Crippen molar-refractivity contribution < 1.29 is 8.42 Å². The number of rotatable bonds is 3. The summed E-state index contributed by atoms with van der Waals surface area (Å²) in [5.74, 6) is 0.0613. The highest BCUT2D eigenvalue weighted by molar-refractivity contribution is 7.91. The van der Waals surface area contributed by atoms with E-state index in [1.807, 2.05) is 6.92 Å². The lowest BCUT2D eigenvalue weighted by Crippen LogP contribution is -2.36. The van der Waals surface area contributed by atoms with Gasteiger partial charge in [-0.25, -0.2) is 13.2 Å². The molecule has 0 aliphatic rings. The minimum absolute atomic E-state index is 0.0613. The van der Waals surface area contributed by atoms with Crippen LogP contribution in [0.25, 0.3) is 17.1 Å². The molecule has 4 rings (SSSR count). The molecule has 1 N–H and O–H groups in total. The van der Waals surface area contributed by atoms with Crippen LogP contribution in [0, 0.1) is 6.92 Å². The van der Waals surface area contributed by atoms with Gasteiger partial charge in [-0.2, -0.15) is 9.67 Å². The number of nitrogens with one attached hydrogen (secondary N) is 1. The number of fused-ring (bicyclic) bond motifs is 1. The number of imidazole rings is 1. The molecule has 28 heavy (non-hydrogen) atoms. The Morgan fingerprint density at radius 3 is 2.39 bits per heavy atom. The van der Waals surface area contributed by atoms with E-state index in [2.05, 4.69) is 20.3 Å². The molecule has 12 heteroatoms. The molecule has 4 aromatic rings. The second-order valence-electron chi connectivity index (χ2n) is 6.28. The monoisotopic (exact) mass is 401 g/mol. The SMILES string of the molecule is Cc1ccc(S(=O)(=O)c2cn(-c3nc4c([nH]3)c(=O)n(C)c(=O)n4C)nn2)cc1. The summed E-state index contributed by atoms with van der Waals surface area (Å²) in [6, 6.07) is 6.36. The van der Waals surface area contributed by atoms with E-state index in [4.69, 9.17) is 0 Å². The van der Waals surface area contributed by atoms with Crippen molar-refractivity contribution in [3.05, 3.63) is 56.9 Å². The molecule has 0 bridgehead atoms. The fourth-order valence-corrected chi connectivity index (χ4v) is 3.85. The first-order chi connectivity index (χ1) is 13.2. The van der Waals surface area contributed by atoms with Gasteiger partial charge >= 0.3 is 5.69 Å². The van der Waals surface area contributed by atoms with Crippen molar-refractivity contribution in [2.45, 2.75) is 16.8 Å². The molecule has 144 valence electrons. The van der Waals surface area contributed by atoms with E-state index in [1.54, 1.807) is 12.1 Å². The summed E-state index contributed by atoms with van der Waals surface area (Å²) in [4.78, 5) is 31.3. The third kappa shape index (κ3) is 2.57. The van der Waals surface area contributed by atoms with Gasteiger partial charge in [-0.15, -0.1) is 5.10 Å². The first kappa shape index (κ1) is 17.9. The van der Waals surface area contributed by atoms with Crippen molar-refractivity contribution in [2.75, 3.05) is 0 Å². The van der Waals surface area contributed by atoms with Crippen LogP contribution in [0.4, 0.5) is 0 Å². The lowest BCUT2D eigenvalue weighted by molar-refractivity contribution is 0.592. The fraction of sp³-hybridized carbons (Fsp3) is 0.188. The Morgan fingerprint density at radius 2 is 1.71 bits per heavy atom. The zero-order valence-corrected chi connectivity index (χ0v) is 15.9. The smallest absolute Gasteiger partial charge is 0.316 e. The van der Waals surface area contributed by atoms with Gasteiger partial charge in [0.25, 0.3) is 5.56 Å². The minimum Gasteiger partial charge on any atom is -0.316 e. The van der Waals surface area contributed by atoms with Crippen molar-refractivity contribution in [3.63, 3.8) is 0 Å².